The number of ether oxygens (including phenoxy) is 1. The molecule has 1 N–H and O–H groups in total. The number of rotatable bonds is 6. The molecule has 0 amide bonds. The second-order valence-electron chi connectivity index (χ2n) is 8.05. The van der Waals surface area contributed by atoms with Crippen molar-refractivity contribution in [3.63, 3.8) is 0 Å². The predicted octanol–water partition coefficient (Wildman–Crippen LogP) is 4.75. The average molecular weight is 383 g/mol. The van der Waals surface area contributed by atoms with Gasteiger partial charge in [-0.05, 0) is 62.3 Å². The van der Waals surface area contributed by atoms with E-state index < -0.39 is 11.8 Å². The highest BCUT2D eigenvalue weighted by molar-refractivity contribution is 5.88. The Morgan fingerprint density at radius 3 is 2.64 bits per heavy atom. The molecule has 0 radical (unpaired) electrons. The van der Waals surface area contributed by atoms with Gasteiger partial charge in [0.2, 0.25) is 0 Å². The number of likely N-dealkylation sites (tertiary alicyclic amines) is 1. The summed E-state index contributed by atoms with van der Waals surface area (Å²) in [4.78, 5) is 13.6. The van der Waals surface area contributed by atoms with E-state index in [-0.39, 0.29) is 11.7 Å². The Morgan fingerprint density at radius 1 is 1.21 bits per heavy atom. The molecule has 2 fully saturated rings. The zero-order valence-electron chi connectivity index (χ0n) is 16.2. The molecule has 1 atom stereocenters. The molecule has 1 aliphatic carbocycles. The molecule has 2 aromatic rings. The van der Waals surface area contributed by atoms with Crippen LogP contribution in [0.3, 0.4) is 0 Å². The first-order chi connectivity index (χ1) is 13.5. The van der Waals surface area contributed by atoms with Crippen LogP contribution in [-0.2, 0) is 6.54 Å². The fourth-order valence-corrected chi connectivity index (χ4v) is 3.94. The molecule has 4 nitrogen and oxygen atoms in total. The van der Waals surface area contributed by atoms with Crippen molar-refractivity contribution in [2.75, 3.05) is 13.1 Å². The van der Waals surface area contributed by atoms with Gasteiger partial charge in [-0.1, -0.05) is 29.8 Å². The molecule has 1 saturated heterocycles. The van der Waals surface area contributed by atoms with Gasteiger partial charge in [-0.3, -0.25) is 4.90 Å². The first kappa shape index (κ1) is 18.9. The van der Waals surface area contributed by atoms with Gasteiger partial charge in [0.1, 0.15) is 17.7 Å². The highest BCUT2D eigenvalue weighted by Gasteiger charge is 2.31. The van der Waals surface area contributed by atoms with Gasteiger partial charge in [0, 0.05) is 19.2 Å². The van der Waals surface area contributed by atoms with Crippen LogP contribution >= 0.6 is 0 Å². The number of carboxylic acids is 1. The number of carbonyl (C=O) groups is 1. The van der Waals surface area contributed by atoms with Crippen molar-refractivity contribution < 1.29 is 19.0 Å². The van der Waals surface area contributed by atoms with Crippen molar-refractivity contribution in [2.45, 2.75) is 51.2 Å². The van der Waals surface area contributed by atoms with Crippen LogP contribution in [0.25, 0.3) is 0 Å². The maximum absolute atomic E-state index is 14.2. The molecule has 2 aliphatic rings. The summed E-state index contributed by atoms with van der Waals surface area (Å²) in [7, 11) is 0. The zero-order valence-corrected chi connectivity index (χ0v) is 16.2. The van der Waals surface area contributed by atoms with Crippen molar-refractivity contribution in [2.24, 2.45) is 0 Å². The number of aromatic carboxylic acids is 1. The van der Waals surface area contributed by atoms with Crippen molar-refractivity contribution in [3.8, 4) is 5.75 Å². The van der Waals surface area contributed by atoms with Crippen LogP contribution in [0, 0.1) is 12.7 Å². The summed E-state index contributed by atoms with van der Waals surface area (Å²) in [6.45, 7) is 4.78. The number of benzene rings is 2. The quantitative estimate of drug-likeness (QED) is 0.782. The van der Waals surface area contributed by atoms with Gasteiger partial charge in [-0.2, -0.15) is 0 Å². The standard InChI is InChI=1S/C23H26FNO3/c1-15-4-6-16(7-5-15)13-25-10-2-3-18(14-25)28-22-12-21(24)20(23(26)27)11-19(22)17-8-9-17/h4-7,11-12,17-18H,2-3,8-10,13-14H2,1H3,(H,26,27). The van der Waals surface area contributed by atoms with Crippen LogP contribution in [0.5, 0.6) is 5.75 Å². The molecule has 0 bridgehead atoms. The molecule has 2 aromatic carbocycles. The summed E-state index contributed by atoms with van der Waals surface area (Å²) in [5.74, 6) is -1.14. The van der Waals surface area contributed by atoms with E-state index in [1.807, 2.05) is 0 Å². The van der Waals surface area contributed by atoms with Crippen molar-refractivity contribution in [1.29, 1.82) is 0 Å². The van der Waals surface area contributed by atoms with Gasteiger partial charge in [0.25, 0.3) is 0 Å². The molecule has 0 spiro atoms. The van der Waals surface area contributed by atoms with Gasteiger partial charge in [0.05, 0.1) is 5.56 Å². The van der Waals surface area contributed by atoms with Crippen molar-refractivity contribution in [3.05, 3.63) is 64.5 Å². The Hall–Kier alpha value is -2.40. The summed E-state index contributed by atoms with van der Waals surface area (Å²) in [6, 6.07) is 11.3. The first-order valence-electron chi connectivity index (χ1n) is 10.0. The van der Waals surface area contributed by atoms with E-state index in [0.717, 1.165) is 50.9 Å². The van der Waals surface area contributed by atoms with E-state index in [1.54, 1.807) is 0 Å². The molecule has 5 heteroatoms. The third-order valence-electron chi connectivity index (χ3n) is 5.63. The number of nitrogens with zero attached hydrogens (tertiary/aromatic N) is 1. The molecule has 1 unspecified atom stereocenters. The van der Waals surface area contributed by atoms with Crippen LogP contribution in [-0.4, -0.2) is 35.2 Å². The van der Waals surface area contributed by atoms with E-state index in [0.29, 0.717) is 11.7 Å². The van der Waals surface area contributed by atoms with Crippen LogP contribution < -0.4 is 4.74 Å². The number of piperidine rings is 1. The van der Waals surface area contributed by atoms with Crippen LogP contribution in [0.15, 0.2) is 36.4 Å². The van der Waals surface area contributed by atoms with Gasteiger partial charge < -0.3 is 9.84 Å². The molecular formula is C23H26FNO3. The highest BCUT2D eigenvalue weighted by Crippen LogP contribution is 2.45. The second kappa shape index (κ2) is 7.92. The van der Waals surface area contributed by atoms with Crippen LogP contribution in [0.4, 0.5) is 4.39 Å². The Kier molecular flexibility index (Phi) is 5.36. The molecule has 1 heterocycles. The first-order valence-corrected chi connectivity index (χ1v) is 10.0. The Labute approximate surface area is 164 Å². The molecular weight excluding hydrogens is 357 g/mol. The Balaban J connectivity index is 1.47. The van der Waals surface area contributed by atoms with Gasteiger partial charge in [-0.15, -0.1) is 0 Å². The zero-order chi connectivity index (χ0) is 19.7. The third kappa shape index (κ3) is 4.36. The molecule has 148 valence electrons. The van der Waals surface area contributed by atoms with Crippen molar-refractivity contribution in [1.82, 2.24) is 4.90 Å². The lowest BCUT2D eigenvalue weighted by atomic mass is 10.0. The topological polar surface area (TPSA) is 49.8 Å². The number of hydrogen-bond donors (Lipinski definition) is 1. The maximum Gasteiger partial charge on any atom is 0.338 e. The number of halogens is 1. The van der Waals surface area contributed by atoms with E-state index in [1.165, 1.54) is 23.3 Å². The lowest BCUT2D eigenvalue weighted by Gasteiger charge is -2.33. The number of aryl methyl sites for hydroxylation is 1. The van der Waals surface area contributed by atoms with Crippen molar-refractivity contribution >= 4 is 5.97 Å². The fourth-order valence-electron chi connectivity index (χ4n) is 3.94. The summed E-state index contributed by atoms with van der Waals surface area (Å²) >= 11 is 0. The molecule has 28 heavy (non-hydrogen) atoms. The normalized spacial score (nSPS) is 20.1. The summed E-state index contributed by atoms with van der Waals surface area (Å²) in [6.07, 6.45) is 3.96. The minimum Gasteiger partial charge on any atom is -0.489 e. The number of hydrogen-bond acceptors (Lipinski definition) is 3. The molecule has 4 rings (SSSR count). The van der Waals surface area contributed by atoms with E-state index in [9.17, 15) is 14.3 Å². The highest BCUT2D eigenvalue weighted by atomic mass is 19.1. The molecule has 1 saturated carbocycles. The van der Waals surface area contributed by atoms with E-state index in [4.69, 9.17) is 4.74 Å². The predicted molar refractivity (Wildman–Crippen MR) is 105 cm³/mol. The smallest absolute Gasteiger partial charge is 0.338 e. The maximum atomic E-state index is 14.2. The molecule has 0 aromatic heterocycles. The molecule has 1 aliphatic heterocycles. The second-order valence-corrected chi connectivity index (χ2v) is 8.05. The lowest BCUT2D eigenvalue weighted by molar-refractivity contribution is 0.0690. The average Bonchev–Trinajstić information content (AvgIpc) is 3.49. The SMILES string of the molecule is Cc1ccc(CN2CCCC(Oc3cc(F)c(C(=O)O)cc3C3CC3)C2)cc1. The minimum atomic E-state index is -1.23. The van der Waals surface area contributed by atoms with Crippen LogP contribution in [0.1, 0.15) is 58.6 Å². The lowest BCUT2D eigenvalue weighted by Crippen LogP contribution is -2.40. The largest absolute Gasteiger partial charge is 0.489 e. The summed E-state index contributed by atoms with van der Waals surface area (Å²) in [5.41, 5.74) is 3.11. The van der Waals surface area contributed by atoms with Gasteiger partial charge in [-0.25, -0.2) is 9.18 Å². The summed E-state index contributed by atoms with van der Waals surface area (Å²) in [5, 5.41) is 9.21. The van der Waals surface area contributed by atoms with Crippen LogP contribution in [0.2, 0.25) is 0 Å². The monoisotopic (exact) mass is 383 g/mol. The Morgan fingerprint density at radius 2 is 1.96 bits per heavy atom. The summed E-state index contributed by atoms with van der Waals surface area (Å²) < 4.78 is 20.5. The van der Waals surface area contributed by atoms with Gasteiger partial charge in [0.15, 0.2) is 0 Å². The number of carboxylic acid groups (broad SMARTS) is 1. The van der Waals surface area contributed by atoms with Gasteiger partial charge >= 0.3 is 5.97 Å². The van der Waals surface area contributed by atoms with E-state index in [2.05, 4.69) is 36.1 Å². The minimum absolute atomic E-state index is 0.00761. The van der Waals surface area contributed by atoms with E-state index >= 15 is 0 Å². The third-order valence-corrected chi connectivity index (χ3v) is 5.63. The fraction of sp³-hybridized carbons (Fsp3) is 0.435. The Bertz CT molecular complexity index is 861.